The van der Waals surface area contributed by atoms with E-state index in [0.29, 0.717) is 29.0 Å². The highest BCUT2D eigenvalue weighted by atomic mass is 35.5. The van der Waals surface area contributed by atoms with Gasteiger partial charge in [-0.05, 0) is 33.4 Å². The molecule has 22 heavy (non-hydrogen) atoms. The number of halogens is 1. The third-order valence-corrected chi connectivity index (χ3v) is 4.24. The first-order chi connectivity index (χ1) is 10.5. The lowest BCUT2D eigenvalue weighted by atomic mass is 10.1. The molecule has 0 spiro atoms. The number of fused-ring (bicyclic) bond motifs is 1. The van der Waals surface area contributed by atoms with Crippen LogP contribution in [0, 0.1) is 6.92 Å². The third kappa shape index (κ3) is 3.45. The predicted molar refractivity (Wildman–Crippen MR) is 90.7 cm³/mol. The topological polar surface area (TPSA) is 45.5 Å². The highest BCUT2D eigenvalue weighted by Gasteiger charge is 2.19. The Kier molecular flexibility index (Phi) is 5.48. The molecule has 0 bridgehead atoms. The minimum Gasteiger partial charge on any atom is -0.449 e. The van der Waals surface area contributed by atoms with Gasteiger partial charge >= 0.3 is 0 Å². The Balaban J connectivity index is 2.07. The summed E-state index contributed by atoms with van der Waals surface area (Å²) in [5.74, 6) is 0.153. The van der Waals surface area contributed by atoms with Crippen LogP contribution < -0.4 is 5.32 Å². The van der Waals surface area contributed by atoms with Gasteiger partial charge in [-0.2, -0.15) is 0 Å². The zero-order valence-electron chi connectivity index (χ0n) is 13.6. The van der Waals surface area contributed by atoms with Crippen LogP contribution in [0.5, 0.6) is 0 Å². The lowest BCUT2D eigenvalue weighted by Gasteiger charge is -2.24. The summed E-state index contributed by atoms with van der Waals surface area (Å²) in [6, 6.07) is 6.00. The summed E-state index contributed by atoms with van der Waals surface area (Å²) >= 11 is 6.11. The normalized spacial score (nSPS) is 11.6. The summed E-state index contributed by atoms with van der Waals surface area (Å²) in [7, 11) is 0. The Morgan fingerprint density at radius 2 is 2.14 bits per heavy atom. The second kappa shape index (κ2) is 7.16. The van der Waals surface area contributed by atoms with E-state index in [0.717, 1.165) is 24.0 Å². The van der Waals surface area contributed by atoms with Gasteiger partial charge in [-0.25, -0.2) is 0 Å². The fraction of sp³-hybridized carbons (Fsp3) is 0.471. The molecular formula is C17H23ClN2O2. The zero-order chi connectivity index (χ0) is 16.3. The predicted octanol–water partition coefficient (Wildman–Crippen LogP) is 3.85. The van der Waals surface area contributed by atoms with Gasteiger partial charge in [-0.3, -0.25) is 9.69 Å². The van der Waals surface area contributed by atoms with Crippen LogP contribution in [-0.4, -0.2) is 36.5 Å². The molecule has 1 aromatic heterocycles. The highest BCUT2D eigenvalue weighted by molar-refractivity contribution is 6.35. The first-order valence-electron chi connectivity index (χ1n) is 7.65. The van der Waals surface area contributed by atoms with Crippen molar-refractivity contribution in [3.63, 3.8) is 0 Å². The maximum absolute atomic E-state index is 12.3. The highest BCUT2D eigenvalue weighted by Crippen LogP contribution is 2.30. The third-order valence-electron chi connectivity index (χ3n) is 3.94. The molecule has 120 valence electrons. The number of likely N-dealkylation sites (N-methyl/N-ethyl adjacent to an activating group) is 1. The molecule has 1 heterocycles. The number of carbonyl (C=O) groups is 1. The van der Waals surface area contributed by atoms with Gasteiger partial charge in [0.2, 0.25) is 0 Å². The lowest BCUT2D eigenvalue weighted by molar-refractivity contribution is 0.0919. The number of nitrogens with one attached hydrogen (secondary N) is 1. The fourth-order valence-electron chi connectivity index (χ4n) is 2.60. The van der Waals surface area contributed by atoms with Crippen LogP contribution in [0.3, 0.4) is 0 Å². The van der Waals surface area contributed by atoms with E-state index in [2.05, 4.69) is 31.0 Å². The molecule has 0 saturated carbocycles. The van der Waals surface area contributed by atoms with E-state index in [1.165, 1.54) is 0 Å². The van der Waals surface area contributed by atoms with E-state index < -0.39 is 0 Å². The standard InChI is InChI=1S/C17H23ClN2O2/c1-5-20(11(2)3)10-9-19-17(21)15-12(4)13-7-6-8-14(18)16(13)22-15/h6-8,11H,5,9-10H2,1-4H3,(H,19,21). The Hall–Kier alpha value is -1.52. The lowest BCUT2D eigenvalue weighted by Crippen LogP contribution is -2.38. The number of furan rings is 1. The zero-order valence-corrected chi connectivity index (χ0v) is 14.3. The van der Waals surface area contributed by atoms with Gasteiger partial charge in [-0.1, -0.05) is 30.7 Å². The van der Waals surface area contributed by atoms with Crippen molar-refractivity contribution in [3.05, 3.63) is 34.5 Å². The second-order valence-electron chi connectivity index (χ2n) is 5.65. The van der Waals surface area contributed by atoms with Crippen molar-refractivity contribution in [1.82, 2.24) is 10.2 Å². The summed E-state index contributed by atoms with van der Waals surface area (Å²) in [5, 5.41) is 4.33. The maximum Gasteiger partial charge on any atom is 0.287 e. The van der Waals surface area contributed by atoms with E-state index in [1.54, 1.807) is 6.07 Å². The minimum absolute atomic E-state index is 0.190. The number of aryl methyl sites for hydroxylation is 1. The van der Waals surface area contributed by atoms with Crippen molar-refractivity contribution in [2.45, 2.75) is 33.7 Å². The Labute approximate surface area is 136 Å². The number of para-hydroxylation sites is 1. The van der Waals surface area contributed by atoms with Crippen LogP contribution in [0.2, 0.25) is 5.02 Å². The van der Waals surface area contributed by atoms with Crippen LogP contribution in [0.1, 0.15) is 36.9 Å². The largest absolute Gasteiger partial charge is 0.449 e. The Morgan fingerprint density at radius 3 is 2.73 bits per heavy atom. The van der Waals surface area contributed by atoms with E-state index in [4.69, 9.17) is 16.0 Å². The molecule has 0 aliphatic rings. The molecule has 2 rings (SSSR count). The molecule has 0 aliphatic heterocycles. The molecule has 0 unspecified atom stereocenters. The van der Waals surface area contributed by atoms with Crippen LogP contribution >= 0.6 is 11.6 Å². The Bertz CT molecular complexity index is 664. The number of hydrogen-bond donors (Lipinski definition) is 1. The van der Waals surface area contributed by atoms with Crippen molar-refractivity contribution in [2.75, 3.05) is 19.6 Å². The quantitative estimate of drug-likeness (QED) is 0.878. The summed E-state index contributed by atoms with van der Waals surface area (Å²) in [6.07, 6.45) is 0. The summed E-state index contributed by atoms with van der Waals surface area (Å²) < 4.78 is 5.67. The van der Waals surface area contributed by atoms with Crippen LogP contribution in [-0.2, 0) is 0 Å². The molecule has 0 fully saturated rings. The molecule has 1 aromatic carbocycles. The van der Waals surface area contributed by atoms with Crippen molar-refractivity contribution < 1.29 is 9.21 Å². The molecule has 0 aliphatic carbocycles. The second-order valence-corrected chi connectivity index (χ2v) is 6.06. The van der Waals surface area contributed by atoms with Gasteiger partial charge in [0.1, 0.15) is 0 Å². The van der Waals surface area contributed by atoms with Crippen LogP contribution in [0.25, 0.3) is 11.0 Å². The van der Waals surface area contributed by atoms with E-state index in [9.17, 15) is 4.79 Å². The van der Waals surface area contributed by atoms with Gasteiger partial charge in [0.15, 0.2) is 11.3 Å². The first kappa shape index (κ1) is 16.8. The van der Waals surface area contributed by atoms with Gasteiger partial charge in [-0.15, -0.1) is 0 Å². The molecule has 2 aromatic rings. The number of hydrogen-bond acceptors (Lipinski definition) is 3. The minimum atomic E-state index is -0.190. The SMILES string of the molecule is CCN(CCNC(=O)c1oc2c(Cl)cccc2c1C)C(C)C. The summed E-state index contributed by atoms with van der Waals surface area (Å²) in [6.45, 7) is 10.7. The summed E-state index contributed by atoms with van der Waals surface area (Å²) in [4.78, 5) is 14.6. The van der Waals surface area contributed by atoms with Gasteiger partial charge < -0.3 is 9.73 Å². The summed E-state index contributed by atoms with van der Waals surface area (Å²) in [5.41, 5.74) is 1.40. The average molecular weight is 323 g/mol. The Morgan fingerprint density at radius 1 is 1.41 bits per heavy atom. The molecule has 0 atom stereocenters. The number of benzene rings is 1. The molecule has 1 amide bonds. The molecule has 5 heteroatoms. The van der Waals surface area contributed by atoms with Crippen molar-refractivity contribution in [2.24, 2.45) is 0 Å². The van der Waals surface area contributed by atoms with Gasteiger partial charge in [0.05, 0.1) is 5.02 Å². The van der Waals surface area contributed by atoms with E-state index in [-0.39, 0.29) is 5.91 Å². The van der Waals surface area contributed by atoms with E-state index in [1.807, 2.05) is 19.1 Å². The molecule has 4 nitrogen and oxygen atoms in total. The first-order valence-corrected chi connectivity index (χ1v) is 8.03. The number of carbonyl (C=O) groups excluding carboxylic acids is 1. The smallest absolute Gasteiger partial charge is 0.287 e. The van der Waals surface area contributed by atoms with Crippen molar-refractivity contribution >= 4 is 28.5 Å². The van der Waals surface area contributed by atoms with Crippen molar-refractivity contribution in [3.8, 4) is 0 Å². The van der Waals surface area contributed by atoms with Crippen LogP contribution in [0.4, 0.5) is 0 Å². The average Bonchev–Trinajstić information content (AvgIpc) is 2.82. The monoisotopic (exact) mass is 322 g/mol. The molecule has 1 N–H and O–H groups in total. The fourth-order valence-corrected chi connectivity index (χ4v) is 2.81. The van der Waals surface area contributed by atoms with Gasteiger partial charge in [0, 0.05) is 30.1 Å². The number of rotatable bonds is 6. The van der Waals surface area contributed by atoms with Gasteiger partial charge in [0.25, 0.3) is 5.91 Å². The number of amides is 1. The van der Waals surface area contributed by atoms with Crippen molar-refractivity contribution in [1.29, 1.82) is 0 Å². The number of nitrogens with zero attached hydrogens (tertiary/aromatic N) is 1. The van der Waals surface area contributed by atoms with E-state index >= 15 is 0 Å². The van der Waals surface area contributed by atoms with Crippen LogP contribution in [0.15, 0.2) is 22.6 Å². The molecular weight excluding hydrogens is 300 g/mol. The molecule has 0 radical (unpaired) electrons. The maximum atomic E-state index is 12.3. The molecule has 0 saturated heterocycles.